The molecule has 1 fully saturated rings. The Morgan fingerprint density at radius 2 is 2.15 bits per heavy atom. The van der Waals surface area contributed by atoms with Gasteiger partial charge in [0.15, 0.2) is 0 Å². The van der Waals surface area contributed by atoms with Gasteiger partial charge in [0.25, 0.3) is 0 Å². The van der Waals surface area contributed by atoms with E-state index in [1.807, 2.05) is 6.33 Å². The molecular formula is C16H20N4. The summed E-state index contributed by atoms with van der Waals surface area (Å²) in [5.41, 5.74) is 4.04. The van der Waals surface area contributed by atoms with Crippen molar-refractivity contribution in [3.63, 3.8) is 0 Å². The SMILES string of the molecule is c1ccc(CN2CC[C@@]3(C2)NCCc2[nH]cnc23)cc1. The standard InChI is InChI=1S/C16H20N4/c1-2-4-13(5-3-1)10-20-9-7-16(11-20)15-14(6-8-19-16)17-12-18-15/h1-5,12,19H,6-11H2,(H,17,18)/t16-/m0/s1. The van der Waals surface area contributed by atoms with Gasteiger partial charge in [0.05, 0.1) is 17.6 Å². The summed E-state index contributed by atoms with van der Waals surface area (Å²) in [6, 6.07) is 10.7. The molecule has 1 saturated heterocycles. The van der Waals surface area contributed by atoms with E-state index >= 15 is 0 Å². The number of hydrogen-bond acceptors (Lipinski definition) is 3. The normalized spacial score (nSPS) is 26.0. The highest BCUT2D eigenvalue weighted by molar-refractivity contribution is 5.28. The van der Waals surface area contributed by atoms with E-state index in [1.54, 1.807) is 0 Å². The average molecular weight is 268 g/mol. The number of hydrogen-bond donors (Lipinski definition) is 2. The van der Waals surface area contributed by atoms with Gasteiger partial charge in [-0.05, 0) is 12.0 Å². The molecule has 1 aromatic carbocycles. The quantitative estimate of drug-likeness (QED) is 0.870. The Kier molecular flexibility index (Phi) is 2.86. The highest BCUT2D eigenvalue weighted by Gasteiger charge is 2.43. The summed E-state index contributed by atoms with van der Waals surface area (Å²) in [7, 11) is 0. The van der Waals surface area contributed by atoms with Gasteiger partial charge in [0.1, 0.15) is 0 Å². The van der Waals surface area contributed by atoms with E-state index in [-0.39, 0.29) is 5.54 Å². The minimum absolute atomic E-state index is 0.0718. The lowest BCUT2D eigenvalue weighted by Gasteiger charge is -2.34. The highest BCUT2D eigenvalue weighted by Crippen LogP contribution is 2.35. The van der Waals surface area contributed by atoms with E-state index in [2.05, 4.69) is 50.5 Å². The fraction of sp³-hybridized carbons (Fsp3) is 0.438. The van der Waals surface area contributed by atoms with Gasteiger partial charge in [-0.15, -0.1) is 0 Å². The molecule has 0 aliphatic carbocycles. The van der Waals surface area contributed by atoms with Gasteiger partial charge in [0.2, 0.25) is 0 Å². The van der Waals surface area contributed by atoms with E-state index in [0.29, 0.717) is 0 Å². The third kappa shape index (κ3) is 1.96. The van der Waals surface area contributed by atoms with Gasteiger partial charge in [-0.3, -0.25) is 4.90 Å². The van der Waals surface area contributed by atoms with Crippen molar-refractivity contribution in [1.29, 1.82) is 0 Å². The topological polar surface area (TPSA) is 44.0 Å². The van der Waals surface area contributed by atoms with Crippen LogP contribution < -0.4 is 5.32 Å². The Hall–Kier alpha value is -1.65. The Morgan fingerprint density at radius 1 is 1.25 bits per heavy atom. The molecule has 2 N–H and O–H groups in total. The number of likely N-dealkylation sites (tertiary alicyclic amines) is 1. The molecule has 0 unspecified atom stereocenters. The minimum atomic E-state index is 0.0718. The molecule has 2 aliphatic heterocycles. The van der Waals surface area contributed by atoms with E-state index in [0.717, 1.165) is 39.0 Å². The minimum Gasteiger partial charge on any atom is -0.348 e. The molecule has 20 heavy (non-hydrogen) atoms. The van der Waals surface area contributed by atoms with Gasteiger partial charge in [0, 0.05) is 38.3 Å². The van der Waals surface area contributed by atoms with Gasteiger partial charge in [-0.2, -0.15) is 0 Å². The molecule has 4 nitrogen and oxygen atoms in total. The molecule has 0 saturated carbocycles. The zero-order chi connectivity index (χ0) is 13.4. The number of rotatable bonds is 2. The van der Waals surface area contributed by atoms with Crippen LogP contribution in [0.15, 0.2) is 36.7 Å². The molecule has 1 spiro atoms. The Bertz CT molecular complexity index is 592. The third-order valence-electron chi connectivity index (χ3n) is 4.61. The molecular weight excluding hydrogens is 248 g/mol. The molecule has 0 radical (unpaired) electrons. The summed E-state index contributed by atoms with van der Waals surface area (Å²) in [5, 5.41) is 3.73. The molecule has 4 heteroatoms. The Morgan fingerprint density at radius 3 is 3.05 bits per heavy atom. The number of nitrogens with one attached hydrogen (secondary N) is 2. The average Bonchev–Trinajstić information content (AvgIpc) is 3.09. The Labute approximate surface area is 119 Å². The third-order valence-corrected chi connectivity index (χ3v) is 4.61. The van der Waals surface area contributed by atoms with E-state index in [4.69, 9.17) is 0 Å². The van der Waals surface area contributed by atoms with Crippen LogP contribution in [0.3, 0.4) is 0 Å². The van der Waals surface area contributed by atoms with Crippen LogP contribution in [-0.4, -0.2) is 34.5 Å². The molecule has 1 atom stereocenters. The van der Waals surface area contributed by atoms with Crippen LogP contribution in [0.5, 0.6) is 0 Å². The van der Waals surface area contributed by atoms with Crippen LogP contribution in [0.4, 0.5) is 0 Å². The first-order chi connectivity index (χ1) is 9.86. The Balaban J connectivity index is 1.54. The molecule has 104 valence electrons. The number of aromatic nitrogens is 2. The number of fused-ring (bicyclic) bond motifs is 2. The summed E-state index contributed by atoms with van der Waals surface area (Å²) in [4.78, 5) is 10.4. The van der Waals surface area contributed by atoms with Crippen molar-refractivity contribution >= 4 is 0 Å². The van der Waals surface area contributed by atoms with Crippen LogP contribution in [0.2, 0.25) is 0 Å². The van der Waals surface area contributed by atoms with E-state index in [9.17, 15) is 0 Å². The summed E-state index contributed by atoms with van der Waals surface area (Å²) in [6.45, 7) is 4.27. The van der Waals surface area contributed by atoms with Crippen LogP contribution >= 0.6 is 0 Å². The van der Waals surface area contributed by atoms with Crippen molar-refractivity contribution in [1.82, 2.24) is 20.2 Å². The van der Waals surface area contributed by atoms with Crippen molar-refractivity contribution in [2.24, 2.45) is 0 Å². The van der Waals surface area contributed by atoms with Crippen molar-refractivity contribution in [2.75, 3.05) is 19.6 Å². The maximum absolute atomic E-state index is 4.59. The fourth-order valence-corrected chi connectivity index (χ4v) is 3.64. The van der Waals surface area contributed by atoms with Crippen molar-refractivity contribution in [3.8, 4) is 0 Å². The molecule has 2 aromatic rings. The van der Waals surface area contributed by atoms with Crippen LogP contribution in [-0.2, 0) is 18.5 Å². The summed E-state index contributed by atoms with van der Waals surface area (Å²) in [5.74, 6) is 0. The predicted octanol–water partition coefficient (Wildman–Crippen LogP) is 1.66. The molecule has 1 aromatic heterocycles. The van der Waals surface area contributed by atoms with E-state index in [1.165, 1.54) is 17.0 Å². The summed E-state index contributed by atoms with van der Waals surface area (Å²) < 4.78 is 0. The molecule has 0 bridgehead atoms. The molecule has 4 rings (SSSR count). The first-order valence-electron chi connectivity index (χ1n) is 7.40. The number of benzene rings is 1. The fourth-order valence-electron chi connectivity index (χ4n) is 3.64. The lowest BCUT2D eigenvalue weighted by molar-refractivity contribution is 0.264. The maximum atomic E-state index is 4.59. The summed E-state index contributed by atoms with van der Waals surface area (Å²) >= 11 is 0. The van der Waals surface area contributed by atoms with Gasteiger partial charge < -0.3 is 10.3 Å². The number of H-pyrrole nitrogens is 1. The number of nitrogens with zero attached hydrogens (tertiary/aromatic N) is 2. The molecule has 0 amide bonds. The second-order valence-corrected chi connectivity index (χ2v) is 5.93. The predicted molar refractivity (Wildman–Crippen MR) is 78.3 cm³/mol. The monoisotopic (exact) mass is 268 g/mol. The van der Waals surface area contributed by atoms with Gasteiger partial charge >= 0.3 is 0 Å². The van der Waals surface area contributed by atoms with Gasteiger partial charge in [-0.25, -0.2) is 4.98 Å². The maximum Gasteiger partial charge on any atom is 0.0926 e. The van der Waals surface area contributed by atoms with Crippen molar-refractivity contribution < 1.29 is 0 Å². The number of imidazole rings is 1. The van der Waals surface area contributed by atoms with Crippen LogP contribution in [0.25, 0.3) is 0 Å². The first kappa shape index (κ1) is 12.1. The van der Waals surface area contributed by atoms with E-state index < -0.39 is 0 Å². The smallest absolute Gasteiger partial charge is 0.0926 e. The van der Waals surface area contributed by atoms with Crippen molar-refractivity contribution in [2.45, 2.75) is 24.9 Å². The van der Waals surface area contributed by atoms with Crippen LogP contribution in [0, 0.1) is 0 Å². The zero-order valence-electron chi connectivity index (χ0n) is 11.6. The van der Waals surface area contributed by atoms with Crippen LogP contribution in [0.1, 0.15) is 23.4 Å². The lowest BCUT2D eigenvalue weighted by atomic mass is 9.88. The van der Waals surface area contributed by atoms with Crippen molar-refractivity contribution in [3.05, 3.63) is 53.6 Å². The van der Waals surface area contributed by atoms with Gasteiger partial charge in [-0.1, -0.05) is 30.3 Å². The highest BCUT2D eigenvalue weighted by atomic mass is 15.2. The molecule has 3 heterocycles. The largest absolute Gasteiger partial charge is 0.348 e. The second-order valence-electron chi connectivity index (χ2n) is 5.93. The lowest BCUT2D eigenvalue weighted by Crippen LogP contribution is -2.49. The zero-order valence-corrected chi connectivity index (χ0v) is 11.6. The second kappa shape index (κ2) is 4.72. The summed E-state index contributed by atoms with van der Waals surface area (Å²) in [6.07, 6.45) is 4.06. The molecule has 2 aliphatic rings. The first-order valence-corrected chi connectivity index (χ1v) is 7.40. The number of aromatic amines is 1.